The molecule has 0 aromatic rings. The number of nitrogens with one attached hydrogen (secondary N) is 1. The second-order valence-electron chi connectivity index (χ2n) is 6.84. The van der Waals surface area contributed by atoms with E-state index in [1.54, 1.807) is 0 Å². The summed E-state index contributed by atoms with van der Waals surface area (Å²) in [5, 5.41) is 3.85. The number of nitrogens with zero attached hydrogens (tertiary/aromatic N) is 1. The molecule has 2 unspecified atom stereocenters. The molecule has 0 saturated carbocycles. The molecule has 2 atom stereocenters. The van der Waals surface area contributed by atoms with Gasteiger partial charge in [0.1, 0.15) is 0 Å². The standard InChI is InChI=1S/C16H32N2O/c1-5-16(6-2)12-18(10-14-7-8-19-11-14)15(9-17-16)13(3)4/h13-15,17H,5-12H2,1-4H3. The van der Waals surface area contributed by atoms with E-state index in [0.29, 0.717) is 11.6 Å². The zero-order valence-corrected chi connectivity index (χ0v) is 13.2. The fraction of sp³-hybridized carbons (Fsp3) is 1.00. The summed E-state index contributed by atoms with van der Waals surface area (Å²) in [6, 6.07) is 0.687. The van der Waals surface area contributed by atoms with Crippen molar-refractivity contribution in [3.63, 3.8) is 0 Å². The van der Waals surface area contributed by atoms with E-state index in [4.69, 9.17) is 4.74 Å². The van der Waals surface area contributed by atoms with Crippen LogP contribution in [0.2, 0.25) is 0 Å². The molecule has 0 aromatic heterocycles. The minimum absolute atomic E-state index is 0.338. The zero-order valence-electron chi connectivity index (χ0n) is 13.2. The molecule has 2 saturated heterocycles. The summed E-state index contributed by atoms with van der Waals surface area (Å²) < 4.78 is 5.56. The SMILES string of the molecule is CCC1(CC)CN(CC2CCOC2)C(C(C)C)CN1. The van der Waals surface area contributed by atoms with Gasteiger partial charge in [0.15, 0.2) is 0 Å². The van der Waals surface area contributed by atoms with E-state index in [1.807, 2.05) is 0 Å². The summed E-state index contributed by atoms with van der Waals surface area (Å²) >= 11 is 0. The third-order valence-corrected chi connectivity index (χ3v) is 5.30. The molecule has 0 bridgehead atoms. The molecule has 2 aliphatic heterocycles. The normalized spacial score (nSPS) is 32.1. The van der Waals surface area contributed by atoms with Crippen LogP contribution in [0.1, 0.15) is 47.0 Å². The Labute approximate surface area is 119 Å². The summed E-state index contributed by atoms with van der Waals surface area (Å²) in [5.74, 6) is 1.48. The summed E-state index contributed by atoms with van der Waals surface area (Å²) in [4.78, 5) is 2.76. The number of hydrogen-bond donors (Lipinski definition) is 1. The summed E-state index contributed by atoms with van der Waals surface area (Å²) in [7, 11) is 0. The Hall–Kier alpha value is -0.120. The molecular formula is C16H32N2O. The van der Waals surface area contributed by atoms with Crippen LogP contribution < -0.4 is 5.32 Å². The van der Waals surface area contributed by atoms with Crippen LogP contribution in [0.3, 0.4) is 0 Å². The first-order chi connectivity index (χ1) is 9.10. The second kappa shape index (κ2) is 6.55. The first kappa shape index (κ1) is 15.3. The lowest BCUT2D eigenvalue weighted by Crippen LogP contribution is -2.65. The summed E-state index contributed by atoms with van der Waals surface area (Å²) in [6.45, 7) is 14.9. The van der Waals surface area contributed by atoms with E-state index in [9.17, 15) is 0 Å². The molecular weight excluding hydrogens is 236 g/mol. The monoisotopic (exact) mass is 268 g/mol. The second-order valence-corrected chi connectivity index (χ2v) is 6.84. The van der Waals surface area contributed by atoms with E-state index in [2.05, 4.69) is 37.9 Å². The molecule has 0 spiro atoms. The molecule has 0 aliphatic carbocycles. The van der Waals surface area contributed by atoms with Gasteiger partial charge < -0.3 is 10.1 Å². The smallest absolute Gasteiger partial charge is 0.0507 e. The number of ether oxygens (including phenoxy) is 1. The molecule has 2 fully saturated rings. The van der Waals surface area contributed by atoms with Crippen LogP contribution in [0.4, 0.5) is 0 Å². The van der Waals surface area contributed by atoms with Crippen molar-refractivity contribution in [1.82, 2.24) is 10.2 Å². The summed E-state index contributed by atoms with van der Waals surface area (Å²) in [5.41, 5.74) is 0.338. The Morgan fingerprint density at radius 2 is 2.05 bits per heavy atom. The maximum absolute atomic E-state index is 5.56. The Balaban J connectivity index is 2.03. The van der Waals surface area contributed by atoms with E-state index >= 15 is 0 Å². The Bertz CT molecular complexity index is 270. The topological polar surface area (TPSA) is 24.5 Å². The lowest BCUT2D eigenvalue weighted by molar-refractivity contribution is 0.0364. The third kappa shape index (κ3) is 3.50. The maximum Gasteiger partial charge on any atom is 0.0507 e. The fourth-order valence-electron chi connectivity index (χ4n) is 3.65. The predicted octanol–water partition coefficient (Wildman–Crippen LogP) is 2.51. The van der Waals surface area contributed by atoms with Crippen LogP contribution in [0.15, 0.2) is 0 Å². The lowest BCUT2D eigenvalue weighted by atomic mass is 9.85. The highest BCUT2D eigenvalue weighted by Crippen LogP contribution is 2.27. The minimum Gasteiger partial charge on any atom is -0.381 e. The van der Waals surface area contributed by atoms with Gasteiger partial charge in [-0.05, 0) is 31.1 Å². The summed E-state index contributed by atoms with van der Waals surface area (Å²) in [6.07, 6.45) is 3.71. The van der Waals surface area contributed by atoms with E-state index in [1.165, 1.54) is 32.4 Å². The molecule has 2 rings (SSSR count). The van der Waals surface area contributed by atoms with Gasteiger partial charge in [-0.1, -0.05) is 27.7 Å². The number of rotatable bonds is 5. The zero-order chi connectivity index (χ0) is 13.9. The van der Waals surface area contributed by atoms with Gasteiger partial charge in [-0.3, -0.25) is 4.90 Å². The first-order valence-corrected chi connectivity index (χ1v) is 8.17. The molecule has 0 radical (unpaired) electrons. The molecule has 3 nitrogen and oxygen atoms in total. The van der Waals surface area contributed by atoms with Crippen LogP contribution in [0, 0.1) is 11.8 Å². The van der Waals surface area contributed by atoms with Crippen LogP contribution in [0.5, 0.6) is 0 Å². The predicted molar refractivity (Wildman–Crippen MR) is 80.4 cm³/mol. The first-order valence-electron chi connectivity index (χ1n) is 8.17. The lowest BCUT2D eigenvalue weighted by Gasteiger charge is -2.49. The Kier molecular flexibility index (Phi) is 5.27. The van der Waals surface area contributed by atoms with Crippen molar-refractivity contribution >= 4 is 0 Å². The Morgan fingerprint density at radius 1 is 1.32 bits per heavy atom. The van der Waals surface area contributed by atoms with Gasteiger partial charge in [-0.25, -0.2) is 0 Å². The van der Waals surface area contributed by atoms with Gasteiger partial charge in [-0.2, -0.15) is 0 Å². The number of hydrogen-bond acceptors (Lipinski definition) is 3. The van der Waals surface area contributed by atoms with Crippen LogP contribution in [-0.4, -0.2) is 49.3 Å². The van der Waals surface area contributed by atoms with Crippen molar-refractivity contribution < 1.29 is 4.74 Å². The molecule has 3 heteroatoms. The van der Waals surface area contributed by atoms with E-state index in [-0.39, 0.29) is 0 Å². The molecule has 2 aliphatic rings. The highest BCUT2D eigenvalue weighted by molar-refractivity contribution is 4.98. The van der Waals surface area contributed by atoms with E-state index in [0.717, 1.165) is 31.6 Å². The highest BCUT2D eigenvalue weighted by Gasteiger charge is 2.38. The van der Waals surface area contributed by atoms with Gasteiger partial charge in [0.25, 0.3) is 0 Å². The van der Waals surface area contributed by atoms with Crippen LogP contribution in [0.25, 0.3) is 0 Å². The molecule has 2 heterocycles. The van der Waals surface area contributed by atoms with Crippen molar-refractivity contribution in [2.75, 3.05) is 32.8 Å². The van der Waals surface area contributed by atoms with Crippen molar-refractivity contribution in [2.24, 2.45) is 11.8 Å². The minimum atomic E-state index is 0.338. The van der Waals surface area contributed by atoms with Crippen molar-refractivity contribution in [3.8, 4) is 0 Å². The van der Waals surface area contributed by atoms with Crippen LogP contribution >= 0.6 is 0 Å². The van der Waals surface area contributed by atoms with E-state index < -0.39 is 0 Å². The van der Waals surface area contributed by atoms with Gasteiger partial charge in [0.05, 0.1) is 6.61 Å². The molecule has 0 amide bonds. The average Bonchev–Trinajstić information content (AvgIpc) is 2.91. The van der Waals surface area contributed by atoms with Gasteiger partial charge >= 0.3 is 0 Å². The fourth-order valence-corrected chi connectivity index (χ4v) is 3.65. The number of piperazine rings is 1. The van der Waals surface area contributed by atoms with Gasteiger partial charge in [0.2, 0.25) is 0 Å². The van der Waals surface area contributed by atoms with Crippen molar-refractivity contribution in [2.45, 2.75) is 58.5 Å². The molecule has 0 aromatic carbocycles. The Morgan fingerprint density at radius 3 is 2.58 bits per heavy atom. The molecule has 112 valence electrons. The highest BCUT2D eigenvalue weighted by atomic mass is 16.5. The van der Waals surface area contributed by atoms with Crippen molar-refractivity contribution in [1.29, 1.82) is 0 Å². The average molecular weight is 268 g/mol. The molecule has 19 heavy (non-hydrogen) atoms. The van der Waals surface area contributed by atoms with Crippen molar-refractivity contribution in [3.05, 3.63) is 0 Å². The van der Waals surface area contributed by atoms with Crippen LogP contribution in [-0.2, 0) is 4.74 Å². The molecule has 1 N–H and O–H groups in total. The third-order valence-electron chi connectivity index (χ3n) is 5.30. The van der Waals surface area contributed by atoms with Gasteiger partial charge in [0, 0.05) is 37.8 Å². The quantitative estimate of drug-likeness (QED) is 0.829. The maximum atomic E-state index is 5.56. The largest absolute Gasteiger partial charge is 0.381 e. The van der Waals surface area contributed by atoms with Gasteiger partial charge in [-0.15, -0.1) is 0 Å².